The van der Waals surface area contributed by atoms with Gasteiger partial charge < -0.3 is 20.1 Å². The van der Waals surface area contributed by atoms with Crippen molar-refractivity contribution in [3.05, 3.63) is 89.3 Å². The summed E-state index contributed by atoms with van der Waals surface area (Å²) in [5.41, 5.74) is 6.15. The molecule has 0 spiro atoms. The van der Waals surface area contributed by atoms with Gasteiger partial charge in [0.05, 0.1) is 18.9 Å². The van der Waals surface area contributed by atoms with Gasteiger partial charge in [-0.1, -0.05) is 6.07 Å². The third-order valence-electron chi connectivity index (χ3n) is 5.42. The van der Waals surface area contributed by atoms with Crippen molar-refractivity contribution in [2.75, 3.05) is 6.54 Å². The van der Waals surface area contributed by atoms with Crippen LogP contribution in [-0.4, -0.2) is 78.2 Å². The summed E-state index contributed by atoms with van der Waals surface area (Å²) in [5, 5.41) is 21.4. The van der Waals surface area contributed by atoms with Gasteiger partial charge in [-0.05, 0) is 52.9 Å². The molecule has 1 aliphatic rings. The molecule has 0 radical (unpaired) electrons. The van der Waals surface area contributed by atoms with E-state index in [9.17, 15) is 39.5 Å². The predicted octanol–water partition coefficient (Wildman–Crippen LogP) is 5.05. The van der Waals surface area contributed by atoms with E-state index in [-0.39, 0.29) is 0 Å². The summed E-state index contributed by atoms with van der Waals surface area (Å²) in [6, 6.07) is 10.0. The number of aromatic nitrogens is 3. The molecule has 258 valence electrons. The van der Waals surface area contributed by atoms with Gasteiger partial charge in [0.25, 0.3) is 0 Å². The minimum atomic E-state index is -5.08. The number of carbonyl (C=O) groups is 3. The molecule has 0 saturated heterocycles. The topological polar surface area (TPSA) is 163 Å². The average Bonchev–Trinajstić information content (AvgIpc) is 2.98. The lowest BCUT2D eigenvalue weighted by Crippen LogP contribution is -2.31. The molecule has 4 heterocycles. The van der Waals surface area contributed by atoms with E-state index in [1.54, 1.807) is 12.4 Å². The van der Waals surface area contributed by atoms with Crippen LogP contribution in [0.4, 0.5) is 39.5 Å². The lowest BCUT2D eigenvalue weighted by molar-refractivity contribution is -0.193. The Morgan fingerprint density at radius 1 is 0.745 bits per heavy atom. The van der Waals surface area contributed by atoms with E-state index in [0.29, 0.717) is 13.2 Å². The summed E-state index contributed by atoms with van der Waals surface area (Å²) in [6.45, 7) is 4.02. The van der Waals surface area contributed by atoms with Crippen molar-refractivity contribution in [3.8, 4) is 0 Å². The number of rotatable bonds is 6. The molecule has 0 bridgehead atoms. The molecular formula is C27H25F9N4O7. The molecule has 0 aromatic carbocycles. The van der Waals surface area contributed by atoms with Crippen LogP contribution in [0.5, 0.6) is 0 Å². The summed E-state index contributed by atoms with van der Waals surface area (Å²) in [4.78, 5) is 42.0. The average molecular weight is 688 g/mol. The number of aliphatic carboxylic acids is 3. The Morgan fingerprint density at radius 2 is 1.28 bits per heavy atom. The van der Waals surface area contributed by atoms with Gasteiger partial charge >= 0.3 is 36.4 Å². The first kappa shape index (κ1) is 40.2. The maximum atomic E-state index is 10.6. The van der Waals surface area contributed by atoms with Gasteiger partial charge in [0.1, 0.15) is 0 Å². The molecule has 0 saturated carbocycles. The van der Waals surface area contributed by atoms with Gasteiger partial charge in [0.15, 0.2) is 0 Å². The zero-order valence-electron chi connectivity index (χ0n) is 23.7. The Labute approximate surface area is 259 Å². The Bertz CT molecular complexity index is 1350. The van der Waals surface area contributed by atoms with Crippen molar-refractivity contribution in [2.24, 2.45) is 0 Å². The fraction of sp³-hybridized carbons (Fsp3) is 0.333. The first-order valence-corrected chi connectivity index (χ1v) is 12.7. The van der Waals surface area contributed by atoms with Crippen LogP contribution in [0.2, 0.25) is 0 Å². The van der Waals surface area contributed by atoms with Crippen molar-refractivity contribution in [2.45, 2.75) is 51.3 Å². The van der Waals surface area contributed by atoms with Gasteiger partial charge in [-0.25, -0.2) is 14.4 Å². The highest BCUT2D eigenvalue weighted by atomic mass is 19.4. The summed E-state index contributed by atoms with van der Waals surface area (Å²) < 4.78 is 101. The smallest absolute Gasteiger partial charge is 0.475 e. The van der Waals surface area contributed by atoms with E-state index in [1.807, 2.05) is 42.9 Å². The van der Waals surface area contributed by atoms with Gasteiger partial charge in [-0.3, -0.25) is 19.9 Å². The molecule has 3 N–H and O–H groups in total. The number of carboxylic acids is 3. The second kappa shape index (κ2) is 18.3. The van der Waals surface area contributed by atoms with Crippen LogP contribution in [0.1, 0.15) is 27.9 Å². The summed E-state index contributed by atoms with van der Waals surface area (Å²) in [6.07, 6.45) is -4.85. The van der Waals surface area contributed by atoms with Crippen LogP contribution in [0.15, 0.2) is 61.3 Å². The fourth-order valence-corrected chi connectivity index (χ4v) is 3.36. The number of fused-ring (bicyclic) bond motifs is 1. The van der Waals surface area contributed by atoms with Crippen molar-refractivity contribution >= 4 is 17.9 Å². The number of nitrogens with zero attached hydrogens (tertiary/aromatic N) is 4. The molecule has 11 nitrogen and oxygen atoms in total. The maximum Gasteiger partial charge on any atom is 0.490 e. The van der Waals surface area contributed by atoms with E-state index < -0.39 is 36.4 Å². The summed E-state index contributed by atoms with van der Waals surface area (Å²) >= 11 is 0. The number of alkyl halides is 9. The second-order valence-corrected chi connectivity index (χ2v) is 8.98. The van der Waals surface area contributed by atoms with Crippen LogP contribution < -0.4 is 0 Å². The molecule has 0 unspecified atom stereocenters. The Kier molecular flexibility index (Phi) is 15.7. The lowest BCUT2D eigenvalue weighted by atomic mass is 9.97. The first-order chi connectivity index (χ1) is 21.7. The molecule has 0 atom stereocenters. The highest BCUT2D eigenvalue weighted by Gasteiger charge is 2.39. The zero-order chi connectivity index (χ0) is 35.8. The predicted molar refractivity (Wildman–Crippen MR) is 140 cm³/mol. The monoisotopic (exact) mass is 688 g/mol. The number of halogens is 9. The summed E-state index contributed by atoms with van der Waals surface area (Å²) in [5.74, 6) is -8.27. The van der Waals surface area contributed by atoms with Crippen molar-refractivity contribution < 1.29 is 74.0 Å². The highest BCUT2D eigenvalue weighted by molar-refractivity contribution is 5.73. The maximum absolute atomic E-state index is 10.6. The third-order valence-corrected chi connectivity index (χ3v) is 5.42. The third kappa shape index (κ3) is 16.3. The minimum Gasteiger partial charge on any atom is -0.475 e. The van der Waals surface area contributed by atoms with E-state index in [0.717, 1.165) is 37.3 Å². The molecule has 1 aliphatic heterocycles. The normalized spacial score (nSPS) is 12.9. The van der Waals surface area contributed by atoms with Crippen LogP contribution in [0.25, 0.3) is 0 Å². The van der Waals surface area contributed by atoms with Crippen molar-refractivity contribution in [3.63, 3.8) is 0 Å². The molecule has 0 amide bonds. The summed E-state index contributed by atoms with van der Waals surface area (Å²) in [7, 11) is 0. The molecule has 4 rings (SSSR count). The number of pyridine rings is 3. The van der Waals surface area contributed by atoms with Crippen LogP contribution >= 0.6 is 0 Å². The van der Waals surface area contributed by atoms with E-state index in [4.69, 9.17) is 34.4 Å². The molecule has 20 heteroatoms. The number of ether oxygens (including phenoxy) is 1. The first-order valence-electron chi connectivity index (χ1n) is 12.7. The molecule has 3 aromatic heterocycles. The Hall–Kier alpha value is -4.85. The van der Waals surface area contributed by atoms with Crippen LogP contribution in [0, 0.1) is 0 Å². The van der Waals surface area contributed by atoms with Crippen LogP contribution in [0.3, 0.4) is 0 Å². The van der Waals surface area contributed by atoms with Crippen molar-refractivity contribution in [1.29, 1.82) is 0 Å². The number of carboxylic acid groups (broad SMARTS) is 3. The zero-order valence-corrected chi connectivity index (χ0v) is 23.7. The van der Waals surface area contributed by atoms with Gasteiger partial charge in [0, 0.05) is 50.6 Å². The molecule has 47 heavy (non-hydrogen) atoms. The minimum absolute atomic E-state index is 0.595. The molecule has 0 aliphatic carbocycles. The number of hydrogen-bond donors (Lipinski definition) is 3. The van der Waals surface area contributed by atoms with Gasteiger partial charge in [-0.2, -0.15) is 39.5 Å². The number of hydrogen-bond acceptors (Lipinski definition) is 8. The van der Waals surface area contributed by atoms with Crippen LogP contribution in [-0.2, 0) is 51.8 Å². The SMILES string of the molecule is O=C(O)C(F)(F)F.O=C(O)C(F)(F)F.O=C(O)C(F)(F)F.c1ccc(CN2CCc3c(COCc4ccncc4)cncc3C2)nc1. The second-order valence-electron chi connectivity index (χ2n) is 8.98. The fourth-order valence-electron chi connectivity index (χ4n) is 3.36. The molecule has 3 aromatic rings. The Morgan fingerprint density at radius 3 is 1.74 bits per heavy atom. The molecule has 0 fully saturated rings. The highest BCUT2D eigenvalue weighted by Crippen LogP contribution is 2.23. The van der Waals surface area contributed by atoms with E-state index in [1.165, 1.54) is 16.7 Å². The quantitative estimate of drug-likeness (QED) is 0.297. The van der Waals surface area contributed by atoms with E-state index >= 15 is 0 Å². The van der Waals surface area contributed by atoms with E-state index in [2.05, 4.69) is 25.9 Å². The van der Waals surface area contributed by atoms with Gasteiger partial charge in [-0.15, -0.1) is 0 Å². The largest absolute Gasteiger partial charge is 0.490 e. The lowest BCUT2D eigenvalue weighted by Gasteiger charge is -2.29. The molecular weight excluding hydrogens is 663 g/mol. The Balaban J connectivity index is 0.000000430. The standard InChI is InChI=1S/C21H22N4O.3C2HF3O2/c1-2-7-24-20(3-1)14-25-10-6-21-18(13-25)11-23-12-19(21)16-26-15-17-4-8-22-9-5-17;3*3-2(4,5)1(6)7/h1-5,7-9,11-12H,6,10,13-16H2;3*(H,6,7). The van der Waals surface area contributed by atoms with Crippen molar-refractivity contribution in [1.82, 2.24) is 19.9 Å². The van der Waals surface area contributed by atoms with Gasteiger partial charge in [0.2, 0.25) is 0 Å².